The highest BCUT2D eigenvalue weighted by atomic mass is 19.4. The molecule has 0 aliphatic rings. The van der Waals surface area contributed by atoms with Crippen LogP contribution in [0.3, 0.4) is 0 Å². The summed E-state index contributed by atoms with van der Waals surface area (Å²) in [5.74, 6) is 0.325. The van der Waals surface area contributed by atoms with Crippen LogP contribution >= 0.6 is 0 Å². The SMILES string of the molecule is Cc1ccc(COc2ccc3c(C(F)(F)F)cc(=O)oc3c2)cc1. The summed E-state index contributed by atoms with van der Waals surface area (Å²) < 4.78 is 49.4. The van der Waals surface area contributed by atoms with E-state index in [0.29, 0.717) is 11.8 Å². The molecule has 0 saturated heterocycles. The Morgan fingerprint density at radius 3 is 2.42 bits per heavy atom. The maximum atomic E-state index is 13.0. The molecule has 24 heavy (non-hydrogen) atoms. The Bertz CT molecular complexity index is 925. The second-order valence-corrected chi connectivity index (χ2v) is 5.41. The summed E-state index contributed by atoms with van der Waals surface area (Å²) in [6.07, 6.45) is -4.63. The third-order valence-electron chi connectivity index (χ3n) is 3.55. The van der Waals surface area contributed by atoms with Crippen LogP contribution in [0.15, 0.2) is 57.7 Å². The third kappa shape index (κ3) is 3.42. The molecule has 0 radical (unpaired) electrons. The monoisotopic (exact) mass is 334 g/mol. The van der Waals surface area contributed by atoms with Gasteiger partial charge >= 0.3 is 11.8 Å². The van der Waals surface area contributed by atoms with E-state index in [1.807, 2.05) is 31.2 Å². The zero-order valence-electron chi connectivity index (χ0n) is 12.7. The number of fused-ring (bicyclic) bond motifs is 1. The minimum Gasteiger partial charge on any atom is -0.489 e. The van der Waals surface area contributed by atoms with Crippen molar-refractivity contribution >= 4 is 11.0 Å². The van der Waals surface area contributed by atoms with Gasteiger partial charge in [-0.15, -0.1) is 0 Å². The Labute approximate surface area is 135 Å². The van der Waals surface area contributed by atoms with Crippen molar-refractivity contribution in [1.82, 2.24) is 0 Å². The van der Waals surface area contributed by atoms with Crippen molar-refractivity contribution in [2.24, 2.45) is 0 Å². The third-order valence-corrected chi connectivity index (χ3v) is 3.55. The Kier molecular flexibility index (Phi) is 4.05. The molecule has 1 aromatic heterocycles. The van der Waals surface area contributed by atoms with E-state index in [-0.39, 0.29) is 17.6 Å². The molecule has 0 N–H and O–H groups in total. The second kappa shape index (κ2) is 6.03. The predicted molar refractivity (Wildman–Crippen MR) is 83.0 cm³/mol. The second-order valence-electron chi connectivity index (χ2n) is 5.41. The molecule has 6 heteroatoms. The lowest BCUT2D eigenvalue weighted by molar-refractivity contribution is -0.136. The van der Waals surface area contributed by atoms with Gasteiger partial charge in [-0.1, -0.05) is 29.8 Å². The smallest absolute Gasteiger partial charge is 0.417 e. The summed E-state index contributed by atoms with van der Waals surface area (Å²) in [5.41, 5.74) is -0.183. The van der Waals surface area contributed by atoms with E-state index < -0.39 is 17.4 Å². The summed E-state index contributed by atoms with van der Waals surface area (Å²) in [7, 11) is 0. The van der Waals surface area contributed by atoms with Crippen LogP contribution in [0, 0.1) is 6.92 Å². The summed E-state index contributed by atoms with van der Waals surface area (Å²) in [4.78, 5) is 11.4. The molecule has 0 amide bonds. The van der Waals surface area contributed by atoms with Gasteiger partial charge in [0, 0.05) is 17.5 Å². The highest BCUT2D eigenvalue weighted by molar-refractivity contribution is 5.82. The Hall–Kier alpha value is -2.76. The molecule has 0 atom stereocenters. The van der Waals surface area contributed by atoms with Crippen molar-refractivity contribution in [2.75, 3.05) is 0 Å². The van der Waals surface area contributed by atoms with Crippen LogP contribution in [-0.4, -0.2) is 0 Å². The minimum atomic E-state index is -4.63. The van der Waals surface area contributed by atoms with E-state index in [1.165, 1.54) is 18.2 Å². The first-order chi connectivity index (χ1) is 11.3. The van der Waals surface area contributed by atoms with Gasteiger partial charge in [0.15, 0.2) is 0 Å². The molecule has 1 heterocycles. The van der Waals surface area contributed by atoms with E-state index in [2.05, 4.69) is 0 Å². The summed E-state index contributed by atoms with van der Waals surface area (Å²) in [6.45, 7) is 2.23. The average Bonchev–Trinajstić information content (AvgIpc) is 2.52. The molecule has 0 aliphatic carbocycles. The molecule has 2 aromatic carbocycles. The number of hydrogen-bond acceptors (Lipinski definition) is 3. The minimum absolute atomic E-state index is 0.156. The Morgan fingerprint density at radius 2 is 1.75 bits per heavy atom. The standard InChI is InChI=1S/C18H13F3O3/c1-11-2-4-12(5-3-11)10-23-13-6-7-14-15(18(19,20)21)9-17(22)24-16(14)8-13/h2-9H,10H2,1H3. The number of rotatable bonds is 3. The van der Waals surface area contributed by atoms with Crippen LogP contribution in [0.1, 0.15) is 16.7 Å². The quantitative estimate of drug-likeness (QED) is 0.652. The van der Waals surface area contributed by atoms with Gasteiger partial charge in [0.25, 0.3) is 0 Å². The van der Waals surface area contributed by atoms with Crippen LogP contribution in [0.4, 0.5) is 13.2 Å². The molecule has 0 aliphatic heterocycles. The largest absolute Gasteiger partial charge is 0.489 e. The van der Waals surface area contributed by atoms with E-state index >= 15 is 0 Å². The van der Waals surface area contributed by atoms with Gasteiger partial charge in [-0.05, 0) is 24.6 Å². The molecular formula is C18H13F3O3. The summed E-state index contributed by atoms with van der Waals surface area (Å²) >= 11 is 0. The van der Waals surface area contributed by atoms with Crippen molar-refractivity contribution in [2.45, 2.75) is 19.7 Å². The molecule has 3 nitrogen and oxygen atoms in total. The lowest BCUT2D eigenvalue weighted by Gasteiger charge is -2.11. The summed E-state index contributed by atoms with van der Waals surface area (Å²) in [6, 6.07) is 12.1. The van der Waals surface area contributed by atoms with E-state index in [9.17, 15) is 18.0 Å². The fourth-order valence-electron chi connectivity index (χ4n) is 2.32. The number of halogens is 3. The van der Waals surface area contributed by atoms with Crippen LogP contribution in [0.2, 0.25) is 0 Å². The topological polar surface area (TPSA) is 39.4 Å². The number of ether oxygens (including phenoxy) is 1. The maximum Gasteiger partial charge on any atom is 0.417 e. The zero-order chi connectivity index (χ0) is 17.3. The van der Waals surface area contributed by atoms with Gasteiger partial charge in [-0.3, -0.25) is 0 Å². The Morgan fingerprint density at radius 1 is 1.04 bits per heavy atom. The van der Waals surface area contributed by atoms with Crippen LogP contribution in [0.25, 0.3) is 11.0 Å². The lowest BCUT2D eigenvalue weighted by Crippen LogP contribution is -2.11. The first kappa shape index (κ1) is 16.1. The van der Waals surface area contributed by atoms with Crippen molar-refractivity contribution in [3.63, 3.8) is 0 Å². The molecule has 0 saturated carbocycles. The first-order valence-electron chi connectivity index (χ1n) is 7.16. The average molecular weight is 334 g/mol. The van der Waals surface area contributed by atoms with Gasteiger partial charge in [-0.25, -0.2) is 4.79 Å². The van der Waals surface area contributed by atoms with E-state index in [0.717, 1.165) is 11.1 Å². The zero-order valence-corrected chi connectivity index (χ0v) is 12.7. The molecule has 3 aromatic rings. The molecule has 0 bridgehead atoms. The fraction of sp³-hybridized carbons (Fsp3) is 0.167. The van der Waals surface area contributed by atoms with Gasteiger partial charge < -0.3 is 9.15 Å². The maximum absolute atomic E-state index is 13.0. The highest BCUT2D eigenvalue weighted by Crippen LogP contribution is 2.34. The number of aryl methyl sites for hydroxylation is 1. The van der Waals surface area contributed by atoms with Gasteiger partial charge in [0.1, 0.15) is 17.9 Å². The molecule has 0 spiro atoms. The van der Waals surface area contributed by atoms with E-state index in [4.69, 9.17) is 9.15 Å². The van der Waals surface area contributed by atoms with Crippen molar-refractivity contribution < 1.29 is 22.3 Å². The lowest BCUT2D eigenvalue weighted by atomic mass is 10.1. The first-order valence-corrected chi connectivity index (χ1v) is 7.16. The van der Waals surface area contributed by atoms with Crippen molar-refractivity contribution in [3.8, 4) is 5.75 Å². The number of benzene rings is 2. The highest BCUT2D eigenvalue weighted by Gasteiger charge is 2.33. The van der Waals surface area contributed by atoms with Gasteiger partial charge in [-0.2, -0.15) is 13.2 Å². The molecule has 3 rings (SSSR count). The number of alkyl halides is 3. The van der Waals surface area contributed by atoms with Gasteiger partial charge in [0.05, 0.1) is 5.56 Å². The van der Waals surface area contributed by atoms with Crippen LogP contribution in [-0.2, 0) is 12.8 Å². The molecule has 124 valence electrons. The fourth-order valence-corrected chi connectivity index (χ4v) is 2.32. The summed E-state index contributed by atoms with van der Waals surface area (Å²) in [5, 5.41) is -0.176. The predicted octanol–water partition coefficient (Wildman–Crippen LogP) is 4.70. The van der Waals surface area contributed by atoms with Crippen molar-refractivity contribution in [1.29, 1.82) is 0 Å². The Balaban J connectivity index is 1.91. The van der Waals surface area contributed by atoms with Crippen LogP contribution < -0.4 is 10.4 Å². The normalized spacial score (nSPS) is 11.7. The van der Waals surface area contributed by atoms with E-state index in [1.54, 1.807) is 0 Å². The molecule has 0 fully saturated rings. The molecule has 0 unspecified atom stereocenters. The number of hydrogen-bond donors (Lipinski definition) is 0. The molecular weight excluding hydrogens is 321 g/mol. The van der Waals surface area contributed by atoms with Crippen LogP contribution in [0.5, 0.6) is 5.75 Å². The van der Waals surface area contributed by atoms with Gasteiger partial charge in [0.2, 0.25) is 0 Å². The van der Waals surface area contributed by atoms with Crippen molar-refractivity contribution in [3.05, 3.63) is 75.6 Å².